The van der Waals surface area contributed by atoms with Crippen molar-refractivity contribution in [3.63, 3.8) is 0 Å². The second-order valence-corrected chi connectivity index (χ2v) is 5.37. The van der Waals surface area contributed by atoms with Gasteiger partial charge in [0, 0.05) is 42.4 Å². The molecule has 0 aliphatic carbocycles. The van der Waals surface area contributed by atoms with Crippen LogP contribution in [0.3, 0.4) is 0 Å². The van der Waals surface area contributed by atoms with Gasteiger partial charge >= 0.3 is 0 Å². The zero-order valence-corrected chi connectivity index (χ0v) is 11.8. The fourth-order valence-electron chi connectivity index (χ4n) is 2.07. The molecule has 0 bridgehead atoms. The van der Waals surface area contributed by atoms with Gasteiger partial charge in [0.2, 0.25) is 5.91 Å². The molecule has 1 aliphatic heterocycles. The lowest BCUT2D eigenvalue weighted by molar-refractivity contribution is -0.134. The Morgan fingerprint density at radius 3 is 3.06 bits per heavy atom. The van der Waals surface area contributed by atoms with Crippen molar-refractivity contribution in [3.8, 4) is 0 Å². The third kappa shape index (κ3) is 3.00. The number of rotatable bonds is 2. The molecule has 1 aromatic heterocycles. The van der Waals surface area contributed by atoms with Crippen LogP contribution in [0, 0.1) is 0 Å². The van der Waals surface area contributed by atoms with E-state index in [4.69, 9.17) is 0 Å². The van der Waals surface area contributed by atoms with E-state index in [1.807, 2.05) is 11.8 Å². The first-order valence-electron chi connectivity index (χ1n) is 5.94. The molecule has 1 aliphatic rings. The van der Waals surface area contributed by atoms with E-state index in [0.717, 1.165) is 17.6 Å². The van der Waals surface area contributed by atoms with Crippen LogP contribution in [0.15, 0.2) is 27.6 Å². The van der Waals surface area contributed by atoms with E-state index in [9.17, 15) is 9.59 Å². The highest BCUT2D eigenvalue weighted by Gasteiger charge is 2.23. The second kappa shape index (κ2) is 5.67. The first-order chi connectivity index (χ1) is 8.58. The minimum absolute atomic E-state index is 0.01000. The molecule has 0 aromatic carbocycles. The number of carbonyl (C=O) groups is 1. The maximum Gasteiger partial charge on any atom is 0.251 e. The van der Waals surface area contributed by atoms with Crippen molar-refractivity contribution in [2.45, 2.75) is 19.5 Å². The van der Waals surface area contributed by atoms with Crippen molar-refractivity contribution in [1.82, 2.24) is 14.8 Å². The highest BCUT2D eigenvalue weighted by molar-refractivity contribution is 9.10. The number of nitrogens with zero attached hydrogens (tertiary/aromatic N) is 2. The van der Waals surface area contributed by atoms with Crippen LogP contribution in [-0.4, -0.2) is 41.1 Å². The lowest BCUT2D eigenvalue weighted by atomic mass is 10.2. The molecule has 1 N–H and O–H groups in total. The van der Waals surface area contributed by atoms with Crippen LogP contribution in [0.1, 0.15) is 6.92 Å². The molecular formula is C12H16BrN3O2. The van der Waals surface area contributed by atoms with E-state index < -0.39 is 0 Å². The van der Waals surface area contributed by atoms with E-state index in [0.29, 0.717) is 6.54 Å². The van der Waals surface area contributed by atoms with Crippen molar-refractivity contribution >= 4 is 21.8 Å². The largest absolute Gasteiger partial charge is 0.336 e. The van der Waals surface area contributed by atoms with Gasteiger partial charge in [-0.15, -0.1) is 0 Å². The van der Waals surface area contributed by atoms with Crippen molar-refractivity contribution in [2.75, 3.05) is 19.6 Å². The Morgan fingerprint density at radius 2 is 2.33 bits per heavy atom. The molecule has 1 atom stereocenters. The first-order valence-corrected chi connectivity index (χ1v) is 6.73. The molecule has 0 spiro atoms. The van der Waals surface area contributed by atoms with Gasteiger partial charge in [0.1, 0.15) is 6.54 Å². The summed E-state index contributed by atoms with van der Waals surface area (Å²) in [6, 6.07) is 3.31. The lowest BCUT2D eigenvalue weighted by Crippen LogP contribution is -2.53. The summed E-state index contributed by atoms with van der Waals surface area (Å²) in [4.78, 5) is 25.6. The summed E-state index contributed by atoms with van der Waals surface area (Å²) in [7, 11) is 0. The number of nitrogens with one attached hydrogen (secondary N) is 1. The van der Waals surface area contributed by atoms with Gasteiger partial charge in [-0.2, -0.15) is 0 Å². The smallest absolute Gasteiger partial charge is 0.251 e. The molecule has 18 heavy (non-hydrogen) atoms. The number of hydrogen-bond donors (Lipinski definition) is 1. The van der Waals surface area contributed by atoms with Gasteiger partial charge in [0.25, 0.3) is 5.56 Å². The Balaban J connectivity index is 2.11. The van der Waals surface area contributed by atoms with Gasteiger partial charge in [0.05, 0.1) is 0 Å². The van der Waals surface area contributed by atoms with E-state index in [-0.39, 0.29) is 24.1 Å². The van der Waals surface area contributed by atoms with Gasteiger partial charge in [0.15, 0.2) is 0 Å². The van der Waals surface area contributed by atoms with Gasteiger partial charge < -0.3 is 14.8 Å². The molecule has 1 fully saturated rings. The molecule has 1 saturated heterocycles. The average Bonchev–Trinajstić information content (AvgIpc) is 2.34. The van der Waals surface area contributed by atoms with Crippen LogP contribution in [0.25, 0.3) is 0 Å². The predicted molar refractivity (Wildman–Crippen MR) is 72.4 cm³/mol. The van der Waals surface area contributed by atoms with Crippen LogP contribution in [-0.2, 0) is 11.3 Å². The number of halogens is 1. The molecule has 1 amide bonds. The number of hydrogen-bond acceptors (Lipinski definition) is 3. The topological polar surface area (TPSA) is 54.3 Å². The Hall–Kier alpha value is -1.14. The number of carbonyl (C=O) groups excluding carboxylic acids is 1. The summed E-state index contributed by atoms with van der Waals surface area (Å²) < 4.78 is 2.23. The highest BCUT2D eigenvalue weighted by atomic mass is 79.9. The zero-order chi connectivity index (χ0) is 13.1. The maximum absolute atomic E-state index is 12.2. The van der Waals surface area contributed by atoms with Gasteiger partial charge in [-0.05, 0) is 28.9 Å². The molecule has 5 nitrogen and oxygen atoms in total. The summed E-state index contributed by atoms with van der Waals surface area (Å²) in [5.74, 6) is -0.01000. The monoisotopic (exact) mass is 313 g/mol. The molecule has 0 radical (unpaired) electrons. The highest BCUT2D eigenvalue weighted by Crippen LogP contribution is 2.07. The quantitative estimate of drug-likeness (QED) is 0.861. The Kier molecular flexibility index (Phi) is 4.19. The SMILES string of the molecule is CC1CNCCN1C(=O)Cn1cc(Br)ccc1=O. The molecule has 1 unspecified atom stereocenters. The molecule has 2 heterocycles. The van der Waals surface area contributed by atoms with Crippen molar-refractivity contribution in [1.29, 1.82) is 0 Å². The second-order valence-electron chi connectivity index (χ2n) is 4.45. The molecule has 98 valence electrons. The number of pyridine rings is 1. The van der Waals surface area contributed by atoms with Crippen LogP contribution in [0.5, 0.6) is 0 Å². The Bertz CT molecular complexity index is 500. The fraction of sp³-hybridized carbons (Fsp3) is 0.500. The molecule has 0 saturated carbocycles. The Labute approximate surface area is 114 Å². The number of amides is 1. The van der Waals surface area contributed by atoms with Crippen LogP contribution in [0.4, 0.5) is 0 Å². The zero-order valence-electron chi connectivity index (χ0n) is 10.2. The average molecular weight is 314 g/mol. The first kappa shape index (κ1) is 13.3. The third-order valence-corrected chi connectivity index (χ3v) is 3.54. The standard InChI is InChI=1S/C12H16BrN3O2/c1-9-6-14-4-5-16(9)12(18)8-15-7-10(13)2-3-11(15)17/h2-3,7,9,14H,4-6,8H2,1H3. The van der Waals surface area contributed by atoms with Crippen LogP contribution in [0.2, 0.25) is 0 Å². The third-order valence-electron chi connectivity index (χ3n) is 3.07. The summed E-state index contributed by atoms with van der Waals surface area (Å²) >= 11 is 3.30. The summed E-state index contributed by atoms with van der Waals surface area (Å²) in [6.07, 6.45) is 1.65. The fourth-order valence-corrected chi connectivity index (χ4v) is 2.45. The summed E-state index contributed by atoms with van der Waals surface area (Å²) in [6.45, 7) is 4.42. The van der Waals surface area contributed by atoms with E-state index in [1.165, 1.54) is 10.6 Å². The summed E-state index contributed by atoms with van der Waals surface area (Å²) in [5, 5.41) is 3.23. The normalized spacial score (nSPS) is 19.9. The van der Waals surface area contributed by atoms with Gasteiger partial charge in [-0.3, -0.25) is 9.59 Å². The maximum atomic E-state index is 12.2. The van der Waals surface area contributed by atoms with Crippen molar-refractivity contribution in [3.05, 3.63) is 33.2 Å². The molecule has 6 heteroatoms. The molecular weight excluding hydrogens is 298 g/mol. The lowest BCUT2D eigenvalue weighted by Gasteiger charge is -2.34. The van der Waals surface area contributed by atoms with Crippen LogP contribution < -0.4 is 10.9 Å². The molecule has 2 rings (SSSR count). The Morgan fingerprint density at radius 1 is 1.56 bits per heavy atom. The van der Waals surface area contributed by atoms with Crippen molar-refractivity contribution < 1.29 is 4.79 Å². The van der Waals surface area contributed by atoms with Crippen molar-refractivity contribution in [2.24, 2.45) is 0 Å². The predicted octanol–water partition coefficient (Wildman–Crippen LogP) is 0.431. The number of aromatic nitrogens is 1. The van der Waals surface area contributed by atoms with Gasteiger partial charge in [-0.1, -0.05) is 0 Å². The van der Waals surface area contributed by atoms with E-state index >= 15 is 0 Å². The van der Waals surface area contributed by atoms with Gasteiger partial charge in [-0.25, -0.2) is 0 Å². The number of piperazine rings is 1. The summed E-state index contributed by atoms with van der Waals surface area (Å²) in [5.41, 5.74) is -0.158. The molecule has 1 aromatic rings. The minimum Gasteiger partial charge on any atom is -0.336 e. The van der Waals surface area contributed by atoms with E-state index in [1.54, 1.807) is 12.3 Å². The minimum atomic E-state index is -0.158. The van der Waals surface area contributed by atoms with E-state index in [2.05, 4.69) is 21.2 Å². The van der Waals surface area contributed by atoms with Crippen LogP contribution >= 0.6 is 15.9 Å².